The standard InChI is InChI=1S/C25H32Cl2FN3O4S/c1-4-14-29-25(33)23(5-2)30(17-18-8-13-21(26)22(27)16-18)24(32)7-6-15-31(36(3,34)35)20-11-9-19(28)10-12-20/h8-13,16,23H,4-7,14-15,17H2,1-3H3,(H,29,33). The largest absolute Gasteiger partial charge is 0.354 e. The van der Waals surface area contributed by atoms with E-state index in [-0.39, 0.29) is 37.7 Å². The van der Waals surface area contributed by atoms with Gasteiger partial charge in [-0.25, -0.2) is 12.8 Å². The van der Waals surface area contributed by atoms with Crippen LogP contribution in [0.25, 0.3) is 0 Å². The Morgan fingerprint density at radius 3 is 2.28 bits per heavy atom. The molecule has 2 amide bonds. The molecule has 0 heterocycles. The number of amides is 2. The predicted molar refractivity (Wildman–Crippen MR) is 142 cm³/mol. The Kier molecular flexibility index (Phi) is 11.5. The average molecular weight is 561 g/mol. The van der Waals surface area contributed by atoms with E-state index >= 15 is 0 Å². The van der Waals surface area contributed by atoms with E-state index in [1.54, 1.807) is 18.2 Å². The van der Waals surface area contributed by atoms with Gasteiger partial charge in [-0.15, -0.1) is 0 Å². The zero-order chi connectivity index (χ0) is 26.9. The third kappa shape index (κ3) is 8.64. The van der Waals surface area contributed by atoms with E-state index in [1.807, 2.05) is 13.8 Å². The van der Waals surface area contributed by atoms with Gasteiger partial charge >= 0.3 is 0 Å². The number of nitrogens with zero attached hydrogens (tertiary/aromatic N) is 2. The second-order valence-electron chi connectivity index (χ2n) is 8.40. The molecule has 36 heavy (non-hydrogen) atoms. The molecule has 0 aliphatic carbocycles. The van der Waals surface area contributed by atoms with Crippen LogP contribution in [0.1, 0.15) is 45.1 Å². The summed E-state index contributed by atoms with van der Waals surface area (Å²) in [4.78, 5) is 27.7. The fraction of sp³-hybridized carbons (Fsp3) is 0.440. The highest BCUT2D eigenvalue weighted by Crippen LogP contribution is 2.25. The van der Waals surface area contributed by atoms with Gasteiger partial charge in [0.05, 0.1) is 22.0 Å². The van der Waals surface area contributed by atoms with Crippen LogP contribution < -0.4 is 9.62 Å². The van der Waals surface area contributed by atoms with Crippen molar-refractivity contribution in [1.82, 2.24) is 10.2 Å². The van der Waals surface area contributed by atoms with E-state index in [0.29, 0.717) is 34.3 Å². The molecule has 1 unspecified atom stereocenters. The SMILES string of the molecule is CCCNC(=O)C(CC)N(Cc1ccc(Cl)c(Cl)c1)C(=O)CCCN(c1ccc(F)cc1)S(C)(=O)=O. The minimum atomic E-state index is -3.66. The van der Waals surface area contributed by atoms with Crippen molar-refractivity contribution in [2.75, 3.05) is 23.7 Å². The Hall–Kier alpha value is -2.36. The zero-order valence-electron chi connectivity index (χ0n) is 20.6. The molecule has 0 saturated heterocycles. The van der Waals surface area contributed by atoms with Crippen molar-refractivity contribution in [2.24, 2.45) is 0 Å². The van der Waals surface area contributed by atoms with E-state index in [0.717, 1.165) is 17.0 Å². The lowest BCUT2D eigenvalue weighted by molar-refractivity contribution is -0.141. The van der Waals surface area contributed by atoms with Gasteiger partial charge in [0.25, 0.3) is 0 Å². The summed E-state index contributed by atoms with van der Waals surface area (Å²) in [6, 6.07) is 9.43. The number of carbonyl (C=O) groups is 2. The average Bonchev–Trinajstić information content (AvgIpc) is 2.82. The maximum atomic E-state index is 13.4. The highest BCUT2D eigenvalue weighted by atomic mass is 35.5. The van der Waals surface area contributed by atoms with E-state index in [4.69, 9.17) is 23.2 Å². The number of hydrogen-bond acceptors (Lipinski definition) is 4. The third-order valence-corrected chi connectivity index (χ3v) is 7.47. The Morgan fingerprint density at radius 1 is 1.06 bits per heavy atom. The van der Waals surface area contributed by atoms with Gasteiger partial charge in [0.15, 0.2) is 0 Å². The summed E-state index contributed by atoms with van der Waals surface area (Å²) in [5.41, 5.74) is 1.02. The summed E-state index contributed by atoms with van der Waals surface area (Å²) in [6.45, 7) is 4.42. The number of carbonyl (C=O) groups excluding carboxylic acids is 2. The Labute approximate surface area is 222 Å². The number of benzene rings is 2. The normalized spacial score (nSPS) is 12.2. The second kappa shape index (κ2) is 13.8. The molecule has 0 fully saturated rings. The van der Waals surface area contributed by atoms with Gasteiger partial charge in [-0.2, -0.15) is 0 Å². The number of anilines is 1. The quantitative estimate of drug-likeness (QED) is 0.373. The van der Waals surface area contributed by atoms with Gasteiger partial charge in [-0.05, 0) is 61.2 Å². The van der Waals surface area contributed by atoms with Crippen LogP contribution in [0, 0.1) is 5.82 Å². The molecule has 2 aromatic carbocycles. The molecule has 2 aromatic rings. The molecule has 0 aliphatic heterocycles. The van der Waals surface area contributed by atoms with Crippen LogP contribution in [0.15, 0.2) is 42.5 Å². The third-order valence-electron chi connectivity index (χ3n) is 5.54. The van der Waals surface area contributed by atoms with Gasteiger partial charge < -0.3 is 10.2 Å². The van der Waals surface area contributed by atoms with Crippen LogP contribution in [0.3, 0.4) is 0 Å². The van der Waals surface area contributed by atoms with Gasteiger partial charge in [-0.1, -0.05) is 43.1 Å². The molecule has 198 valence electrons. The molecule has 11 heteroatoms. The molecule has 1 atom stereocenters. The van der Waals surface area contributed by atoms with Crippen LogP contribution in [-0.2, 0) is 26.2 Å². The van der Waals surface area contributed by atoms with Crippen molar-refractivity contribution in [3.05, 3.63) is 63.9 Å². The number of halogens is 3. The molecule has 0 radical (unpaired) electrons. The molecule has 7 nitrogen and oxygen atoms in total. The number of nitrogens with one attached hydrogen (secondary N) is 1. The summed E-state index contributed by atoms with van der Waals surface area (Å²) in [5, 5.41) is 3.57. The Balaban J connectivity index is 2.22. The van der Waals surface area contributed by atoms with E-state index < -0.39 is 21.9 Å². The summed E-state index contributed by atoms with van der Waals surface area (Å²) >= 11 is 12.2. The van der Waals surface area contributed by atoms with E-state index in [1.165, 1.54) is 29.2 Å². The fourth-order valence-corrected chi connectivity index (χ4v) is 5.02. The zero-order valence-corrected chi connectivity index (χ0v) is 23.0. The summed E-state index contributed by atoms with van der Waals surface area (Å²) in [6.07, 6.45) is 2.42. The van der Waals surface area contributed by atoms with Crippen LogP contribution in [-0.4, -0.2) is 50.5 Å². The van der Waals surface area contributed by atoms with E-state index in [9.17, 15) is 22.4 Å². The van der Waals surface area contributed by atoms with Crippen molar-refractivity contribution < 1.29 is 22.4 Å². The van der Waals surface area contributed by atoms with Crippen molar-refractivity contribution >= 4 is 50.7 Å². The summed E-state index contributed by atoms with van der Waals surface area (Å²) in [5.74, 6) is -1.03. The molecule has 0 saturated carbocycles. The minimum Gasteiger partial charge on any atom is -0.354 e. The highest BCUT2D eigenvalue weighted by molar-refractivity contribution is 7.92. The minimum absolute atomic E-state index is 0.00605. The Morgan fingerprint density at radius 2 is 1.72 bits per heavy atom. The topological polar surface area (TPSA) is 86.8 Å². The van der Waals surface area contributed by atoms with Gasteiger partial charge in [0.2, 0.25) is 21.8 Å². The first-order chi connectivity index (χ1) is 17.0. The van der Waals surface area contributed by atoms with Gasteiger partial charge in [0, 0.05) is 26.1 Å². The first kappa shape index (κ1) is 29.9. The van der Waals surface area contributed by atoms with Crippen LogP contribution >= 0.6 is 23.2 Å². The maximum absolute atomic E-state index is 13.4. The highest BCUT2D eigenvalue weighted by Gasteiger charge is 2.29. The smallest absolute Gasteiger partial charge is 0.242 e. The lowest BCUT2D eigenvalue weighted by atomic mass is 10.1. The Bertz CT molecular complexity index is 1150. The van der Waals surface area contributed by atoms with Crippen molar-refractivity contribution in [3.63, 3.8) is 0 Å². The van der Waals surface area contributed by atoms with Crippen LogP contribution in [0.2, 0.25) is 10.0 Å². The lowest BCUT2D eigenvalue weighted by Crippen LogP contribution is -2.49. The monoisotopic (exact) mass is 559 g/mol. The summed E-state index contributed by atoms with van der Waals surface area (Å²) in [7, 11) is -3.66. The predicted octanol–water partition coefficient (Wildman–Crippen LogP) is 5.01. The summed E-state index contributed by atoms with van der Waals surface area (Å²) < 4.78 is 39.1. The van der Waals surface area contributed by atoms with Crippen molar-refractivity contribution in [2.45, 2.75) is 52.1 Å². The van der Waals surface area contributed by atoms with Crippen molar-refractivity contribution in [1.29, 1.82) is 0 Å². The molecule has 1 N–H and O–H groups in total. The molecular weight excluding hydrogens is 528 g/mol. The van der Waals surface area contributed by atoms with Gasteiger partial charge in [-0.3, -0.25) is 13.9 Å². The first-order valence-corrected chi connectivity index (χ1v) is 14.3. The molecule has 0 spiro atoms. The van der Waals surface area contributed by atoms with Gasteiger partial charge in [0.1, 0.15) is 11.9 Å². The molecule has 0 aliphatic rings. The number of rotatable bonds is 13. The molecule has 0 bridgehead atoms. The van der Waals surface area contributed by atoms with E-state index in [2.05, 4.69) is 5.32 Å². The number of hydrogen-bond donors (Lipinski definition) is 1. The lowest BCUT2D eigenvalue weighted by Gasteiger charge is -2.31. The van der Waals surface area contributed by atoms with Crippen LogP contribution in [0.4, 0.5) is 10.1 Å². The number of sulfonamides is 1. The maximum Gasteiger partial charge on any atom is 0.242 e. The second-order valence-corrected chi connectivity index (χ2v) is 11.1. The molecule has 2 rings (SSSR count). The fourth-order valence-electron chi connectivity index (χ4n) is 3.73. The first-order valence-electron chi connectivity index (χ1n) is 11.7. The molecule has 0 aromatic heterocycles. The van der Waals surface area contributed by atoms with Crippen molar-refractivity contribution in [3.8, 4) is 0 Å². The van der Waals surface area contributed by atoms with Crippen LogP contribution in [0.5, 0.6) is 0 Å². The molecular formula is C25H32Cl2FN3O4S.